The number of aryl methyl sites for hydroxylation is 1. The molecule has 0 aliphatic carbocycles. The number of ether oxygens (including phenoxy) is 1. The van der Waals surface area contributed by atoms with E-state index in [-0.39, 0.29) is 6.04 Å². The van der Waals surface area contributed by atoms with E-state index in [2.05, 4.69) is 24.3 Å². The molecule has 0 aliphatic rings. The Bertz CT molecular complexity index is 328. The maximum absolute atomic E-state index is 6.21. The molecule has 98 valence electrons. The first-order valence-corrected chi connectivity index (χ1v) is 6.55. The Morgan fingerprint density at radius 3 is 2.82 bits per heavy atom. The van der Waals surface area contributed by atoms with E-state index in [0.717, 1.165) is 31.6 Å². The highest BCUT2D eigenvalue weighted by Gasteiger charge is 2.19. The molecular formula is C12H22ClN3O. The van der Waals surface area contributed by atoms with Gasteiger partial charge in [-0.2, -0.15) is 5.10 Å². The van der Waals surface area contributed by atoms with Crippen LogP contribution < -0.4 is 5.32 Å². The fourth-order valence-electron chi connectivity index (χ4n) is 1.83. The molecule has 0 amide bonds. The Morgan fingerprint density at radius 2 is 2.24 bits per heavy atom. The Kier molecular flexibility index (Phi) is 6.55. The zero-order chi connectivity index (χ0) is 12.7. The maximum atomic E-state index is 6.21. The molecule has 0 saturated heterocycles. The van der Waals surface area contributed by atoms with Crippen LogP contribution in [0.4, 0.5) is 0 Å². The molecule has 1 atom stereocenters. The van der Waals surface area contributed by atoms with E-state index in [9.17, 15) is 0 Å². The van der Waals surface area contributed by atoms with Crippen molar-refractivity contribution in [2.75, 3.05) is 20.3 Å². The zero-order valence-electron chi connectivity index (χ0n) is 10.9. The number of halogens is 1. The van der Waals surface area contributed by atoms with E-state index < -0.39 is 0 Å². The summed E-state index contributed by atoms with van der Waals surface area (Å²) < 4.78 is 7.22. The minimum absolute atomic E-state index is 0.112. The van der Waals surface area contributed by atoms with Crippen LogP contribution in [0.15, 0.2) is 6.20 Å². The van der Waals surface area contributed by atoms with E-state index >= 15 is 0 Å². The van der Waals surface area contributed by atoms with Gasteiger partial charge in [-0.1, -0.05) is 25.4 Å². The van der Waals surface area contributed by atoms with Crippen LogP contribution in [-0.2, 0) is 11.3 Å². The van der Waals surface area contributed by atoms with E-state index in [1.807, 2.05) is 4.68 Å². The molecule has 1 heterocycles. The lowest BCUT2D eigenvalue weighted by atomic mass is 10.2. The number of nitrogens with zero attached hydrogens (tertiary/aromatic N) is 2. The largest absolute Gasteiger partial charge is 0.383 e. The zero-order valence-corrected chi connectivity index (χ0v) is 11.6. The Morgan fingerprint density at radius 1 is 1.47 bits per heavy atom. The first kappa shape index (κ1) is 14.5. The second-order valence-electron chi connectivity index (χ2n) is 4.06. The fourth-order valence-corrected chi connectivity index (χ4v) is 2.10. The molecule has 4 nitrogen and oxygen atoms in total. The summed E-state index contributed by atoms with van der Waals surface area (Å²) >= 11 is 6.21. The van der Waals surface area contributed by atoms with Crippen molar-refractivity contribution in [3.05, 3.63) is 16.9 Å². The monoisotopic (exact) mass is 259 g/mol. The van der Waals surface area contributed by atoms with E-state index in [1.165, 1.54) is 0 Å². The summed E-state index contributed by atoms with van der Waals surface area (Å²) in [5.74, 6) is 0. The molecule has 1 aromatic rings. The van der Waals surface area contributed by atoms with Gasteiger partial charge in [0.15, 0.2) is 0 Å². The molecule has 1 unspecified atom stereocenters. The molecule has 1 aromatic heterocycles. The standard InChI is InChI=1S/C12H22ClN3O/c1-4-6-14-11(9-17-3)12-10(13)8-15-16(12)7-5-2/h8,11,14H,4-7,9H2,1-3H3. The second kappa shape index (κ2) is 7.69. The van der Waals surface area contributed by atoms with Crippen molar-refractivity contribution >= 4 is 11.6 Å². The van der Waals surface area contributed by atoms with Crippen molar-refractivity contribution in [3.63, 3.8) is 0 Å². The average Bonchev–Trinajstić information content (AvgIpc) is 2.67. The third-order valence-electron chi connectivity index (χ3n) is 2.57. The predicted octanol–water partition coefficient (Wildman–Crippen LogP) is 2.63. The van der Waals surface area contributed by atoms with E-state index in [0.29, 0.717) is 11.6 Å². The van der Waals surface area contributed by atoms with Crippen LogP contribution >= 0.6 is 11.6 Å². The van der Waals surface area contributed by atoms with Crippen molar-refractivity contribution in [3.8, 4) is 0 Å². The molecule has 5 heteroatoms. The summed E-state index contributed by atoms with van der Waals surface area (Å²) in [7, 11) is 1.70. The van der Waals surface area contributed by atoms with E-state index in [4.69, 9.17) is 16.3 Å². The summed E-state index contributed by atoms with van der Waals surface area (Å²) in [5, 5.41) is 8.46. The predicted molar refractivity (Wildman–Crippen MR) is 70.4 cm³/mol. The SMILES string of the molecule is CCCNC(COC)c1c(Cl)cnn1CCC. The number of nitrogens with one attached hydrogen (secondary N) is 1. The van der Waals surface area contributed by atoms with Gasteiger partial charge in [0, 0.05) is 13.7 Å². The smallest absolute Gasteiger partial charge is 0.0835 e. The molecule has 0 aliphatic heterocycles. The molecule has 0 spiro atoms. The molecule has 0 saturated carbocycles. The molecule has 0 fully saturated rings. The summed E-state index contributed by atoms with van der Waals surface area (Å²) in [5.41, 5.74) is 1.03. The van der Waals surface area contributed by atoms with Crippen LogP contribution in [-0.4, -0.2) is 30.0 Å². The quantitative estimate of drug-likeness (QED) is 0.780. The lowest BCUT2D eigenvalue weighted by molar-refractivity contribution is 0.163. The normalized spacial score (nSPS) is 12.9. The first-order chi connectivity index (χ1) is 8.24. The number of rotatable bonds is 8. The van der Waals surface area contributed by atoms with Crippen LogP contribution in [0.2, 0.25) is 5.02 Å². The molecular weight excluding hydrogens is 238 g/mol. The van der Waals surface area contributed by atoms with Crippen molar-refractivity contribution in [1.82, 2.24) is 15.1 Å². The number of aromatic nitrogens is 2. The fraction of sp³-hybridized carbons (Fsp3) is 0.750. The highest BCUT2D eigenvalue weighted by Crippen LogP contribution is 2.23. The summed E-state index contributed by atoms with van der Waals surface area (Å²) in [6.07, 6.45) is 3.83. The minimum Gasteiger partial charge on any atom is -0.383 e. The van der Waals surface area contributed by atoms with Crippen LogP contribution in [0, 0.1) is 0 Å². The molecule has 0 aromatic carbocycles. The van der Waals surface area contributed by atoms with Crippen LogP contribution in [0.25, 0.3) is 0 Å². The number of methoxy groups -OCH3 is 1. The molecule has 0 radical (unpaired) electrons. The van der Waals surface area contributed by atoms with Crippen molar-refractivity contribution < 1.29 is 4.74 Å². The topological polar surface area (TPSA) is 39.1 Å². The van der Waals surface area contributed by atoms with Crippen molar-refractivity contribution in [1.29, 1.82) is 0 Å². The van der Waals surface area contributed by atoms with Gasteiger partial charge in [-0.15, -0.1) is 0 Å². The Balaban J connectivity index is 2.86. The lowest BCUT2D eigenvalue weighted by Gasteiger charge is -2.19. The van der Waals surface area contributed by atoms with Crippen molar-refractivity contribution in [2.45, 2.75) is 39.3 Å². The Labute approximate surface area is 108 Å². The van der Waals surface area contributed by atoms with Crippen LogP contribution in [0.1, 0.15) is 38.4 Å². The average molecular weight is 260 g/mol. The molecule has 1 rings (SSSR count). The van der Waals surface area contributed by atoms with Crippen LogP contribution in [0.3, 0.4) is 0 Å². The van der Waals surface area contributed by atoms with Gasteiger partial charge >= 0.3 is 0 Å². The van der Waals surface area contributed by atoms with Crippen molar-refractivity contribution in [2.24, 2.45) is 0 Å². The van der Waals surface area contributed by atoms with Gasteiger partial charge in [-0.05, 0) is 19.4 Å². The van der Waals surface area contributed by atoms with Gasteiger partial charge in [-0.25, -0.2) is 0 Å². The summed E-state index contributed by atoms with van der Waals surface area (Å²) in [6, 6.07) is 0.112. The molecule has 17 heavy (non-hydrogen) atoms. The maximum Gasteiger partial charge on any atom is 0.0835 e. The van der Waals surface area contributed by atoms with Gasteiger partial charge in [0.2, 0.25) is 0 Å². The molecule has 0 bridgehead atoms. The summed E-state index contributed by atoms with van der Waals surface area (Å²) in [4.78, 5) is 0. The van der Waals surface area contributed by atoms with Gasteiger partial charge in [0.05, 0.1) is 29.6 Å². The third kappa shape index (κ3) is 3.98. The van der Waals surface area contributed by atoms with Gasteiger partial charge in [0.25, 0.3) is 0 Å². The second-order valence-corrected chi connectivity index (χ2v) is 4.47. The Hall–Kier alpha value is -0.580. The highest BCUT2D eigenvalue weighted by atomic mass is 35.5. The van der Waals surface area contributed by atoms with Gasteiger partial charge in [-0.3, -0.25) is 4.68 Å². The highest BCUT2D eigenvalue weighted by molar-refractivity contribution is 6.31. The van der Waals surface area contributed by atoms with Crippen LogP contribution in [0.5, 0.6) is 0 Å². The van der Waals surface area contributed by atoms with Gasteiger partial charge < -0.3 is 10.1 Å². The summed E-state index contributed by atoms with van der Waals surface area (Å²) in [6.45, 7) is 6.71. The third-order valence-corrected chi connectivity index (χ3v) is 2.86. The minimum atomic E-state index is 0.112. The van der Waals surface area contributed by atoms with Gasteiger partial charge in [0.1, 0.15) is 0 Å². The molecule has 1 N–H and O–H groups in total. The lowest BCUT2D eigenvalue weighted by Crippen LogP contribution is -2.28. The van der Waals surface area contributed by atoms with E-state index in [1.54, 1.807) is 13.3 Å². The first-order valence-electron chi connectivity index (χ1n) is 6.18. The number of hydrogen-bond donors (Lipinski definition) is 1. The number of hydrogen-bond acceptors (Lipinski definition) is 3.